The molecule has 0 radical (unpaired) electrons. The summed E-state index contributed by atoms with van der Waals surface area (Å²) in [6, 6.07) is 10.5. The number of nitrogens with zero attached hydrogens (tertiary/aromatic N) is 1. The molecular weight excluding hydrogens is 582 g/mol. The molecule has 2 bridgehead atoms. The normalized spacial score (nSPS) is 28.9. The summed E-state index contributed by atoms with van der Waals surface area (Å²) in [7, 11) is 0. The highest BCUT2D eigenvalue weighted by molar-refractivity contribution is 7.09. The van der Waals surface area contributed by atoms with E-state index in [-0.39, 0.29) is 24.2 Å². The molecular formula is C38H55NO5S. The van der Waals surface area contributed by atoms with E-state index in [9.17, 15) is 25.2 Å². The highest BCUT2D eigenvalue weighted by Gasteiger charge is 2.57. The first-order chi connectivity index (χ1) is 21.6. The van der Waals surface area contributed by atoms with Gasteiger partial charge in [-0.25, -0.2) is 0 Å². The van der Waals surface area contributed by atoms with Gasteiger partial charge in [-0.15, -0.1) is 11.3 Å². The summed E-state index contributed by atoms with van der Waals surface area (Å²) in [5.41, 5.74) is 2.58. The molecule has 45 heavy (non-hydrogen) atoms. The van der Waals surface area contributed by atoms with Crippen molar-refractivity contribution in [3.8, 4) is 0 Å². The average molecular weight is 638 g/mol. The summed E-state index contributed by atoms with van der Waals surface area (Å²) in [6.45, 7) is 5.43. The molecule has 2 saturated carbocycles. The second kappa shape index (κ2) is 15.4. The van der Waals surface area contributed by atoms with Gasteiger partial charge < -0.3 is 20.4 Å². The summed E-state index contributed by atoms with van der Waals surface area (Å²) in [5.74, 6) is 0.286. The Balaban J connectivity index is 1.52. The van der Waals surface area contributed by atoms with E-state index < -0.39 is 23.2 Å². The van der Waals surface area contributed by atoms with Crippen LogP contribution in [-0.2, 0) is 12.8 Å². The van der Waals surface area contributed by atoms with Crippen LogP contribution in [0.1, 0.15) is 117 Å². The Morgan fingerprint density at radius 2 is 1.91 bits per heavy atom. The number of hydrogen-bond donors (Lipinski definition) is 4. The van der Waals surface area contributed by atoms with Crippen LogP contribution in [0.2, 0.25) is 0 Å². The lowest BCUT2D eigenvalue weighted by atomic mass is 9.64. The molecule has 0 amide bonds. The maximum absolute atomic E-state index is 14.3. The number of thiophene rings is 1. The second-order valence-corrected chi connectivity index (χ2v) is 15.6. The number of carbonyl (C=O) groups excluding carboxylic acids is 1. The number of ketones is 1. The Hall–Kier alpha value is -1.87. The van der Waals surface area contributed by atoms with Gasteiger partial charge in [0.25, 0.3) is 0 Å². The second-order valence-electron chi connectivity index (χ2n) is 14.5. The van der Waals surface area contributed by atoms with Gasteiger partial charge >= 0.3 is 0 Å². The van der Waals surface area contributed by atoms with Crippen molar-refractivity contribution in [2.24, 2.45) is 11.3 Å². The van der Waals surface area contributed by atoms with E-state index in [0.717, 1.165) is 74.5 Å². The van der Waals surface area contributed by atoms with Crippen LogP contribution in [0.3, 0.4) is 0 Å². The first-order valence-corrected chi connectivity index (χ1v) is 18.3. The summed E-state index contributed by atoms with van der Waals surface area (Å²) < 4.78 is 0. The van der Waals surface area contributed by atoms with Crippen LogP contribution >= 0.6 is 11.3 Å². The number of aliphatic hydroxyl groups is 4. The molecule has 5 atom stereocenters. The summed E-state index contributed by atoms with van der Waals surface area (Å²) in [6.07, 6.45) is 12.1. The fraction of sp³-hybridized carbons (Fsp3) is 0.658. The molecule has 5 unspecified atom stereocenters. The van der Waals surface area contributed by atoms with Gasteiger partial charge in [0, 0.05) is 41.4 Å². The van der Waals surface area contributed by atoms with Crippen molar-refractivity contribution in [3.63, 3.8) is 0 Å². The largest absolute Gasteiger partial charge is 0.394 e. The summed E-state index contributed by atoms with van der Waals surface area (Å²) >= 11 is 1.71. The van der Waals surface area contributed by atoms with Gasteiger partial charge in [0.2, 0.25) is 0 Å². The Bertz CT molecular complexity index is 1290. The monoisotopic (exact) mass is 637 g/mol. The highest BCUT2D eigenvalue weighted by Crippen LogP contribution is 2.59. The molecule has 2 aromatic rings. The van der Waals surface area contributed by atoms with Crippen LogP contribution in [0.25, 0.3) is 0 Å². The van der Waals surface area contributed by atoms with E-state index in [4.69, 9.17) is 0 Å². The standard InChI is InChI=1S/C38H55NO5S/c1-27-8-6-18-37(2)35(16-19-38(37,44)26-39(24-31(42)25-40)20-17-32-11-7-21-45-32)33-15-13-28(22-30(41)14-12-27)23-34(33)36(43)29-9-4-3-5-10-29/h7-8,11,13,15,21,23,29-31,35,40-42,44H,3-6,9-10,12,14,16-20,22,24-26H2,1-2H3. The maximum atomic E-state index is 14.3. The number of benzene rings is 1. The molecule has 4 N–H and O–H groups in total. The lowest BCUT2D eigenvalue weighted by molar-refractivity contribution is -0.0890. The minimum atomic E-state index is -1.04. The molecule has 7 heteroatoms. The molecule has 0 saturated heterocycles. The number of carbonyl (C=O) groups is 1. The number of allylic oxidation sites excluding steroid dienone is 2. The Morgan fingerprint density at radius 1 is 1.11 bits per heavy atom. The third-order valence-electron chi connectivity index (χ3n) is 11.3. The lowest BCUT2D eigenvalue weighted by Crippen LogP contribution is -2.54. The Morgan fingerprint density at radius 3 is 2.64 bits per heavy atom. The zero-order valence-electron chi connectivity index (χ0n) is 27.4. The minimum Gasteiger partial charge on any atom is -0.394 e. The molecule has 1 aromatic heterocycles. The van der Waals surface area contributed by atoms with Crippen LogP contribution in [-0.4, -0.2) is 75.2 Å². The van der Waals surface area contributed by atoms with Crippen molar-refractivity contribution < 1.29 is 25.2 Å². The van der Waals surface area contributed by atoms with E-state index in [0.29, 0.717) is 38.9 Å². The zero-order valence-corrected chi connectivity index (χ0v) is 28.2. The van der Waals surface area contributed by atoms with Gasteiger partial charge in [-0.3, -0.25) is 9.69 Å². The molecule has 4 aliphatic rings. The van der Waals surface area contributed by atoms with Crippen LogP contribution in [0, 0.1) is 11.3 Å². The molecule has 1 heterocycles. The Kier molecular flexibility index (Phi) is 11.8. The van der Waals surface area contributed by atoms with E-state index in [1.807, 2.05) is 6.07 Å². The molecule has 0 spiro atoms. The quantitative estimate of drug-likeness (QED) is 0.177. The molecule has 1 aromatic carbocycles. The predicted octanol–water partition coefficient (Wildman–Crippen LogP) is 6.45. The van der Waals surface area contributed by atoms with Crippen molar-refractivity contribution >= 4 is 17.1 Å². The van der Waals surface area contributed by atoms with Crippen molar-refractivity contribution in [1.29, 1.82) is 0 Å². The van der Waals surface area contributed by atoms with Crippen LogP contribution < -0.4 is 0 Å². The van der Waals surface area contributed by atoms with Gasteiger partial charge in [-0.05, 0) is 106 Å². The fourth-order valence-corrected chi connectivity index (χ4v) is 9.18. The molecule has 4 aliphatic carbocycles. The molecule has 2 fully saturated rings. The lowest BCUT2D eigenvalue weighted by Gasteiger charge is -2.46. The first-order valence-electron chi connectivity index (χ1n) is 17.4. The summed E-state index contributed by atoms with van der Waals surface area (Å²) in [5, 5.41) is 45.9. The van der Waals surface area contributed by atoms with Crippen molar-refractivity contribution in [3.05, 3.63) is 68.9 Å². The van der Waals surface area contributed by atoms with Gasteiger partial charge in [0.15, 0.2) is 5.78 Å². The van der Waals surface area contributed by atoms with Crippen LogP contribution in [0.5, 0.6) is 0 Å². The smallest absolute Gasteiger partial charge is 0.166 e. The number of rotatable bonds is 10. The number of hydrogen-bond acceptors (Lipinski definition) is 7. The SMILES string of the molecule is CC1=CCCC2(C)C(CCC2(O)CN(CCc2cccs2)CC(O)CO)c2ccc(cc2C(=O)C2CCCCC2)CC(O)CC1. The summed E-state index contributed by atoms with van der Waals surface area (Å²) in [4.78, 5) is 17.7. The maximum Gasteiger partial charge on any atom is 0.166 e. The third-order valence-corrected chi connectivity index (χ3v) is 12.3. The Labute approximate surface area is 274 Å². The first kappa shape index (κ1) is 34.5. The van der Waals surface area contributed by atoms with Gasteiger partial charge in [-0.2, -0.15) is 0 Å². The number of fused-ring (bicyclic) bond motifs is 8. The van der Waals surface area contributed by atoms with Gasteiger partial charge in [-0.1, -0.05) is 56.0 Å². The van der Waals surface area contributed by atoms with E-state index in [1.54, 1.807) is 11.3 Å². The highest BCUT2D eigenvalue weighted by atomic mass is 32.1. The fourth-order valence-electron chi connectivity index (χ4n) is 8.48. The van der Waals surface area contributed by atoms with Crippen molar-refractivity contribution in [1.82, 2.24) is 4.90 Å². The van der Waals surface area contributed by atoms with Crippen LogP contribution in [0.4, 0.5) is 0 Å². The van der Waals surface area contributed by atoms with Crippen molar-refractivity contribution in [2.75, 3.05) is 26.2 Å². The molecule has 248 valence electrons. The topological polar surface area (TPSA) is 101 Å². The predicted molar refractivity (Wildman–Crippen MR) is 182 cm³/mol. The zero-order chi connectivity index (χ0) is 32.0. The van der Waals surface area contributed by atoms with Gasteiger partial charge in [0.05, 0.1) is 24.4 Å². The van der Waals surface area contributed by atoms with E-state index in [1.165, 1.54) is 16.9 Å². The van der Waals surface area contributed by atoms with E-state index >= 15 is 0 Å². The minimum absolute atomic E-state index is 0.00238. The molecule has 0 aliphatic heterocycles. The average Bonchev–Trinajstić information content (AvgIpc) is 3.64. The van der Waals surface area contributed by atoms with E-state index in [2.05, 4.69) is 54.5 Å². The van der Waals surface area contributed by atoms with Gasteiger partial charge in [0.1, 0.15) is 0 Å². The van der Waals surface area contributed by atoms with Crippen molar-refractivity contribution in [2.45, 2.75) is 121 Å². The molecule has 6 rings (SSSR count). The number of Topliss-reactive ketones (excluding diaryl/α,β-unsaturated/α-hetero) is 1. The van der Waals surface area contributed by atoms with Crippen LogP contribution in [0.15, 0.2) is 47.4 Å². The number of aliphatic hydroxyl groups excluding tert-OH is 3. The third kappa shape index (κ3) is 8.17. The molecule has 6 nitrogen and oxygen atoms in total.